The molecule has 98 valence electrons. The summed E-state index contributed by atoms with van der Waals surface area (Å²) < 4.78 is 27.7. The Bertz CT molecular complexity index is 553. The number of hydrogen-bond acceptors (Lipinski definition) is 4. The van der Waals surface area contributed by atoms with Crippen LogP contribution in [0.2, 0.25) is 0 Å². The molecule has 1 N–H and O–H groups in total. The normalized spacial score (nSPS) is 16.6. The first-order valence-corrected chi connectivity index (χ1v) is 8.40. The number of unbranched alkanes of at least 4 members (excludes halogenated alkanes) is 2. The van der Waals surface area contributed by atoms with E-state index >= 15 is 0 Å². The first-order chi connectivity index (χ1) is 8.63. The lowest BCUT2D eigenvalue weighted by atomic mass is 10.3. The van der Waals surface area contributed by atoms with Crippen molar-refractivity contribution in [2.45, 2.75) is 31.1 Å². The average molecular weight is 284 g/mol. The van der Waals surface area contributed by atoms with Gasteiger partial charge in [0.15, 0.2) is 5.17 Å². The number of fused-ring (bicyclic) bond motifs is 1. The molecule has 0 fully saturated rings. The SMILES string of the molecule is CCCCCSC1=NS(=O)(=O)c2ccccc2N1. The molecule has 1 aliphatic heterocycles. The molecule has 0 spiro atoms. The van der Waals surface area contributed by atoms with Crippen LogP contribution in [0.1, 0.15) is 26.2 Å². The Kier molecular flexibility index (Phi) is 4.29. The second-order valence-corrected chi connectivity index (χ2v) is 6.70. The highest BCUT2D eigenvalue weighted by molar-refractivity contribution is 8.14. The van der Waals surface area contributed by atoms with Crippen molar-refractivity contribution >= 4 is 32.6 Å². The molecular formula is C12H16N2O2S2. The summed E-state index contributed by atoms with van der Waals surface area (Å²) in [5.74, 6) is 0.886. The number of thioether (sulfide) groups is 1. The number of rotatable bonds is 4. The van der Waals surface area contributed by atoms with E-state index in [1.54, 1.807) is 18.2 Å². The van der Waals surface area contributed by atoms with Gasteiger partial charge in [0.2, 0.25) is 0 Å². The van der Waals surface area contributed by atoms with Crippen LogP contribution >= 0.6 is 11.8 Å². The average Bonchev–Trinajstić information content (AvgIpc) is 2.34. The number of anilines is 1. The molecule has 0 aromatic heterocycles. The van der Waals surface area contributed by atoms with Crippen LogP contribution in [-0.4, -0.2) is 19.3 Å². The van der Waals surface area contributed by atoms with E-state index in [2.05, 4.69) is 16.6 Å². The van der Waals surface area contributed by atoms with E-state index in [1.807, 2.05) is 6.07 Å². The van der Waals surface area contributed by atoms with Crippen LogP contribution in [0.4, 0.5) is 5.69 Å². The largest absolute Gasteiger partial charge is 0.333 e. The van der Waals surface area contributed by atoms with Gasteiger partial charge in [-0.3, -0.25) is 0 Å². The molecule has 2 rings (SSSR count). The Balaban J connectivity index is 2.11. The Labute approximate surface area is 112 Å². The quantitative estimate of drug-likeness (QED) is 0.863. The van der Waals surface area contributed by atoms with E-state index in [4.69, 9.17) is 0 Å². The molecule has 4 nitrogen and oxygen atoms in total. The highest BCUT2D eigenvalue weighted by atomic mass is 32.2. The molecule has 0 atom stereocenters. The van der Waals surface area contributed by atoms with Gasteiger partial charge in [0, 0.05) is 5.75 Å². The topological polar surface area (TPSA) is 58.5 Å². The number of nitrogens with zero attached hydrogens (tertiary/aromatic N) is 1. The number of sulfonamides is 1. The first-order valence-electron chi connectivity index (χ1n) is 5.97. The third-order valence-electron chi connectivity index (χ3n) is 2.60. The summed E-state index contributed by atoms with van der Waals surface area (Å²) in [5, 5.41) is 3.54. The van der Waals surface area contributed by atoms with Crippen LogP contribution in [-0.2, 0) is 10.0 Å². The number of para-hydroxylation sites is 1. The smallest absolute Gasteiger partial charge is 0.286 e. The Morgan fingerprint density at radius 1 is 1.28 bits per heavy atom. The molecule has 6 heteroatoms. The van der Waals surface area contributed by atoms with Gasteiger partial charge in [-0.15, -0.1) is 4.40 Å². The third kappa shape index (κ3) is 3.05. The van der Waals surface area contributed by atoms with E-state index in [-0.39, 0.29) is 4.90 Å². The monoisotopic (exact) mass is 284 g/mol. The van der Waals surface area contributed by atoms with Gasteiger partial charge in [-0.25, -0.2) is 0 Å². The molecule has 0 saturated carbocycles. The van der Waals surface area contributed by atoms with Crippen molar-refractivity contribution in [3.63, 3.8) is 0 Å². The van der Waals surface area contributed by atoms with Gasteiger partial charge in [-0.1, -0.05) is 43.7 Å². The highest BCUT2D eigenvalue weighted by Crippen LogP contribution is 2.29. The summed E-state index contributed by atoms with van der Waals surface area (Å²) in [6.45, 7) is 2.14. The fourth-order valence-electron chi connectivity index (χ4n) is 1.67. The Hall–Kier alpha value is -1.01. The fourth-order valence-corrected chi connectivity index (χ4v) is 3.91. The van der Waals surface area contributed by atoms with Crippen LogP contribution in [0.15, 0.2) is 33.6 Å². The number of hydrogen-bond donors (Lipinski definition) is 1. The van der Waals surface area contributed by atoms with E-state index < -0.39 is 10.0 Å². The van der Waals surface area contributed by atoms with Crippen molar-refractivity contribution in [1.29, 1.82) is 0 Å². The third-order valence-corrected chi connectivity index (χ3v) is 5.01. The number of benzene rings is 1. The van der Waals surface area contributed by atoms with E-state index in [9.17, 15) is 8.42 Å². The Morgan fingerprint density at radius 3 is 2.83 bits per heavy atom. The molecule has 0 saturated heterocycles. The first kappa shape index (κ1) is 13.4. The molecule has 1 aromatic rings. The summed E-state index contributed by atoms with van der Waals surface area (Å²) >= 11 is 1.46. The molecule has 0 unspecified atom stereocenters. The summed E-state index contributed by atoms with van der Waals surface area (Å²) in [4.78, 5) is 0.253. The molecule has 1 aromatic carbocycles. The van der Waals surface area contributed by atoms with Crippen molar-refractivity contribution < 1.29 is 8.42 Å². The van der Waals surface area contributed by atoms with E-state index in [0.717, 1.165) is 25.0 Å². The zero-order valence-corrected chi connectivity index (χ0v) is 11.9. The van der Waals surface area contributed by atoms with E-state index in [0.29, 0.717) is 10.9 Å². The molecule has 18 heavy (non-hydrogen) atoms. The second kappa shape index (κ2) is 5.75. The van der Waals surface area contributed by atoms with Crippen molar-refractivity contribution in [3.05, 3.63) is 24.3 Å². The summed E-state index contributed by atoms with van der Waals surface area (Å²) in [6.07, 6.45) is 3.38. The zero-order chi connectivity index (χ0) is 13.0. The van der Waals surface area contributed by atoms with Crippen molar-refractivity contribution in [3.8, 4) is 0 Å². The lowest BCUT2D eigenvalue weighted by molar-refractivity contribution is 0.598. The standard InChI is InChI=1S/C12H16N2O2S2/c1-2-3-6-9-17-12-13-10-7-4-5-8-11(10)18(15,16)14-12/h4-5,7-8H,2-3,6,9H2,1H3,(H,13,14). The van der Waals surface area contributed by atoms with Crippen molar-refractivity contribution in [2.24, 2.45) is 4.40 Å². The van der Waals surface area contributed by atoms with Gasteiger partial charge >= 0.3 is 0 Å². The molecule has 0 amide bonds. The van der Waals surface area contributed by atoms with Crippen LogP contribution in [0, 0.1) is 0 Å². The van der Waals surface area contributed by atoms with Crippen LogP contribution < -0.4 is 5.32 Å². The highest BCUT2D eigenvalue weighted by Gasteiger charge is 2.24. The van der Waals surface area contributed by atoms with Crippen LogP contribution in [0.5, 0.6) is 0 Å². The minimum absolute atomic E-state index is 0.253. The predicted octanol–water partition coefficient (Wildman–Crippen LogP) is 3.08. The Morgan fingerprint density at radius 2 is 2.06 bits per heavy atom. The predicted molar refractivity (Wildman–Crippen MR) is 76.7 cm³/mol. The van der Waals surface area contributed by atoms with Crippen LogP contribution in [0.3, 0.4) is 0 Å². The van der Waals surface area contributed by atoms with Gasteiger partial charge in [-0.05, 0) is 18.6 Å². The lowest BCUT2D eigenvalue weighted by Crippen LogP contribution is -2.19. The van der Waals surface area contributed by atoms with Gasteiger partial charge < -0.3 is 5.32 Å². The molecule has 0 bridgehead atoms. The number of amidine groups is 1. The zero-order valence-electron chi connectivity index (χ0n) is 10.2. The summed E-state index contributed by atoms with van der Waals surface area (Å²) in [7, 11) is -3.53. The van der Waals surface area contributed by atoms with Gasteiger partial charge in [-0.2, -0.15) is 8.42 Å². The maximum atomic E-state index is 11.9. The van der Waals surface area contributed by atoms with Gasteiger partial charge in [0.25, 0.3) is 10.0 Å². The molecule has 1 aliphatic rings. The molecule has 1 heterocycles. The summed E-state index contributed by atoms with van der Waals surface area (Å²) in [5.41, 5.74) is 0.616. The van der Waals surface area contributed by atoms with Crippen molar-refractivity contribution in [1.82, 2.24) is 0 Å². The minimum Gasteiger partial charge on any atom is -0.333 e. The molecule has 0 radical (unpaired) electrons. The number of nitrogens with one attached hydrogen (secondary N) is 1. The van der Waals surface area contributed by atoms with Gasteiger partial charge in [0.1, 0.15) is 4.90 Å². The van der Waals surface area contributed by atoms with Gasteiger partial charge in [0.05, 0.1) is 5.69 Å². The second-order valence-electron chi connectivity index (χ2n) is 4.05. The maximum Gasteiger partial charge on any atom is 0.286 e. The minimum atomic E-state index is -3.53. The van der Waals surface area contributed by atoms with Crippen molar-refractivity contribution in [2.75, 3.05) is 11.1 Å². The van der Waals surface area contributed by atoms with E-state index in [1.165, 1.54) is 11.8 Å². The lowest BCUT2D eigenvalue weighted by Gasteiger charge is -2.17. The molecular weight excluding hydrogens is 268 g/mol. The fraction of sp³-hybridized carbons (Fsp3) is 0.417. The summed E-state index contributed by atoms with van der Waals surface area (Å²) in [6, 6.07) is 6.84. The van der Waals surface area contributed by atoms with Crippen LogP contribution in [0.25, 0.3) is 0 Å². The maximum absolute atomic E-state index is 11.9. The molecule has 0 aliphatic carbocycles.